The van der Waals surface area contributed by atoms with Crippen LogP contribution in [-0.4, -0.2) is 50.0 Å². The summed E-state index contributed by atoms with van der Waals surface area (Å²) in [5.41, 5.74) is 0. The second-order valence-corrected chi connectivity index (χ2v) is 8.09. The fraction of sp³-hybridized carbons (Fsp3) is 0.500. The number of benzene rings is 1. The molecule has 122 valence electrons. The monoisotopic (exact) mass is 390 g/mol. The summed E-state index contributed by atoms with van der Waals surface area (Å²) in [4.78, 5) is 10.8. The van der Waals surface area contributed by atoms with E-state index in [1.165, 1.54) is 4.31 Å². The van der Waals surface area contributed by atoms with Crippen molar-refractivity contribution >= 4 is 31.9 Å². The lowest BCUT2D eigenvalue weighted by Gasteiger charge is -2.32. The largest absolute Gasteiger partial charge is 0.480 e. The Hall–Kier alpha value is -0.960. The van der Waals surface area contributed by atoms with Crippen LogP contribution in [0.3, 0.4) is 0 Å². The van der Waals surface area contributed by atoms with Gasteiger partial charge in [-0.3, -0.25) is 4.79 Å². The van der Waals surface area contributed by atoms with Gasteiger partial charge >= 0.3 is 5.97 Å². The minimum absolute atomic E-state index is 0.104. The average Bonchev–Trinajstić information content (AvgIpc) is 2.47. The molecule has 0 bridgehead atoms. The third-order valence-electron chi connectivity index (χ3n) is 3.65. The summed E-state index contributed by atoms with van der Waals surface area (Å²) >= 11 is 3.29. The van der Waals surface area contributed by atoms with Crippen molar-refractivity contribution in [3.63, 3.8) is 0 Å². The lowest BCUT2D eigenvalue weighted by molar-refractivity contribution is -0.136. The van der Waals surface area contributed by atoms with Crippen LogP contribution >= 0.6 is 15.9 Å². The van der Waals surface area contributed by atoms with E-state index >= 15 is 0 Å². The van der Waals surface area contributed by atoms with Gasteiger partial charge < -0.3 is 10.4 Å². The van der Waals surface area contributed by atoms with E-state index in [-0.39, 0.29) is 17.4 Å². The molecule has 1 atom stereocenters. The minimum Gasteiger partial charge on any atom is -0.480 e. The summed E-state index contributed by atoms with van der Waals surface area (Å²) in [5, 5.41) is 11.5. The van der Waals surface area contributed by atoms with Crippen LogP contribution in [0.2, 0.25) is 0 Å². The molecule has 8 heteroatoms. The molecule has 0 aliphatic carbocycles. The van der Waals surface area contributed by atoms with E-state index in [0.29, 0.717) is 24.1 Å². The minimum atomic E-state index is -3.52. The van der Waals surface area contributed by atoms with E-state index in [2.05, 4.69) is 21.2 Å². The van der Waals surface area contributed by atoms with Gasteiger partial charge in [0.25, 0.3) is 0 Å². The molecule has 22 heavy (non-hydrogen) atoms. The van der Waals surface area contributed by atoms with Crippen molar-refractivity contribution in [1.29, 1.82) is 0 Å². The zero-order valence-electron chi connectivity index (χ0n) is 12.0. The number of nitrogens with one attached hydrogen (secondary N) is 1. The molecule has 1 aromatic rings. The molecule has 0 saturated carbocycles. The van der Waals surface area contributed by atoms with Crippen LogP contribution in [0.15, 0.2) is 33.6 Å². The standard InChI is InChI=1S/C14H19BrN2O4S/c15-12-5-1-2-6-13(12)22(20,21)17-7-3-4-11(10-17)8-16-9-14(18)19/h1-2,5-6,11,16H,3-4,7-10H2,(H,18,19). The molecular weight excluding hydrogens is 372 g/mol. The molecule has 1 aliphatic heterocycles. The number of hydrogen-bond donors (Lipinski definition) is 2. The number of hydrogen-bond acceptors (Lipinski definition) is 4. The Labute approximate surface area is 138 Å². The molecular formula is C14H19BrN2O4S. The molecule has 0 amide bonds. The van der Waals surface area contributed by atoms with Crippen molar-refractivity contribution in [2.45, 2.75) is 17.7 Å². The molecule has 2 N–H and O–H groups in total. The lowest BCUT2D eigenvalue weighted by atomic mass is 10.00. The normalized spacial score (nSPS) is 20.0. The van der Waals surface area contributed by atoms with Crippen LogP contribution in [-0.2, 0) is 14.8 Å². The lowest BCUT2D eigenvalue weighted by Crippen LogP contribution is -2.43. The number of nitrogens with zero attached hydrogens (tertiary/aromatic N) is 1. The highest BCUT2D eigenvalue weighted by atomic mass is 79.9. The summed E-state index contributed by atoms with van der Waals surface area (Å²) in [6, 6.07) is 6.78. The molecule has 1 unspecified atom stereocenters. The third-order valence-corrected chi connectivity index (χ3v) is 6.52. The fourth-order valence-electron chi connectivity index (χ4n) is 2.59. The second-order valence-electron chi connectivity index (χ2n) is 5.33. The zero-order valence-corrected chi connectivity index (χ0v) is 14.4. The van der Waals surface area contributed by atoms with Crippen molar-refractivity contribution in [3.8, 4) is 0 Å². The maximum Gasteiger partial charge on any atom is 0.317 e. The molecule has 0 radical (unpaired) electrons. The first-order valence-electron chi connectivity index (χ1n) is 7.08. The van der Waals surface area contributed by atoms with Crippen molar-refractivity contribution in [1.82, 2.24) is 9.62 Å². The van der Waals surface area contributed by atoms with Gasteiger partial charge in [-0.15, -0.1) is 0 Å². The molecule has 6 nitrogen and oxygen atoms in total. The summed E-state index contributed by atoms with van der Waals surface area (Å²) in [6.07, 6.45) is 1.68. The zero-order chi connectivity index (χ0) is 16.2. The van der Waals surface area contributed by atoms with Crippen LogP contribution in [0.4, 0.5) is 0 Å². The smallest absolute Gasteiger partial charge is 0.317 e. The number of halogens is 1. The molecule has 0 aromatic heterocycles. The number of aliphatic carboxylic acids is 1. The van der Waals surface area contributed by atoms with Crippen molar-refractivity contribution in [2.75, 3.05) is 26.2 Å². The number of carboxylic acid groups (broad SMARTS) is 1. The summed E-state index contributed by atoms with van der Waals surface area (Å²) in [5.74, 6) is -0.779. The SMILES string of the molecule is O=C(O)CNCC1CCCN(S(=O)(=O)c2ccccc2Br)C1. The van der Waals surface area contributed by atoms with Gasteiger partial charge in [0.05, 0.1) is 11.4 Å². The Kier molecular flexibility index (Phi) is 5.96. The topological polar surface area (TPSA) is 86.7 Å². The van der Waals surface area contributed by atoms with E-state index in [4.69, 9.17) is 5.11 Å². The van der Waals surface area contributed by atoms with Gasteiger partial charge in [0, 0.05) is 17.6 Å². The van der Waals surface area contributed by atoms with Gasteiger partial charge in [-0.2, -0.15) is 4.31 Å². The highest BCUT2D eigenvalue weighted by Crippen LogP contribution is 2.28. The van der Waals surface area contributed by atoms with E-state index in [1.807, 2.05) is 0 Å². The number of carboxylic acids is 1. The van der Waals surface area contributed by atoms with Crippen molar-refractivity contribution < 1.29 is 18.3 Å². The first kappa shape index (κ1) is 17.4. The summed E-state index contributed by atoms with van der Waals surface area (Å²) in [6.45, 7) is 1.32. The maximum atomic E-state index is 12.7. The molecule has 1 heterocycles. The highest BCUT2D eigenvalue weighted by Gasteiger charge is 2.31. The van der Waals surface area contributed by atoms with Gasteiger partial charge in [-0.1, -0.05) is 12.1 Å². The van der Waals surface area contributed by atoms with E-state index in [1.54, 1.807) is 24.3 Å². The molecule has 0 spiro atoms. The van der Waals surface area contributed by atoms with Crippen LogP contribution < -0.4 is 5.32 Å². The summed E-state index contributed by atoms with van der Waals surface area (Å²) in [7, 11) is -3.52. The van der Waals surface area contributed by atoms with Crippen LogP contribution in [0, 0.1) is 5.92 Å². The van der Waals surface area contributed by atoms with Crippen LogP contribution in [0.1, 0.15) is 12.8 Å². The van der Waals surface area contributed by atoms with Gasteiger partial charge in [0.1, 0.15) is 0 Å². The Morgan fingerprint density at radius 1 is 1.41 bits per heavy atom. The molecule has 1 aliphatic rings. The maximum absolute atomic E-state index is 12.7. The van der Waals surface area contributed by atoms with Crippen LogP contribution in [0.5, 0.6) is 0 Å². The Bertz CT molecular complexity index is 635. The quantitative estimate of drug-likeness (QED) is 0.768. The number of carbonyl (C=O) groups is 1. The van der Waals surface area contributed by atoms with Crippen LogP contribution in [0.25, 0.3) is 0 Å². The number of rotatable bonds is 6. The molecule has 1 fully saturated rings. The van der Waals surface area contributed by atoms with Gasteiger partial charge in [-0.05, 0) is 53.4 Å². The Morgan fingerprint density at radius 3 is 2.82 bits per heavy atom. The van der Waals surface area contributed by atoms with E-state index < -0.39 is 16.0 Å². The molecule has 1 aromatic carbocycles. The highest BCUT2D eigenvalue weighted by molar-refractivity contribution is 9.10. The predicted molar refractivity (Wildman–Crippen MR) is 86.1 cm³/mol. The van der Waals surface area contributed by atoms with Crippen molar-refractivity contribution in [3.05, 3.63) is 28.7 Å². The van der Waals surface area contributed by atoms with Gasteiger partial charge in [0.15, 0.2) is 0 Å². The fourth-order valence-corrected chi connectivity index (χ4v) is 5.11. The van der Waals surface area contributed by atoms with E-state index in [9.17, 15) is 13.2 Å². The van der Waals surface area contributed by atoms with Gasteiger partial charge in [-0.25, -0.2) is 8.42 Å². The molecule has 1 saturated heterocycles. The number of piperidine rings is 1. The number of sulfonamides is 1. The first-order valence-corrected chi connectivity index (χ1v) is 9.32. The van der Waals surface area contributed by atoms with Crippen molar-refractivity contribution in [2.24, 2.45) is 5.92 Å². The third kappa shape index (κ3) is 4.28. The Balaban J connectivity index is 2.05. The average molecular weight is 391 g/mol. The summed E-state index contributed by atoms with van der Waals surface area (Å²) < 4.78 is 27.5. The predicted octanol–water partition coefficient (Wildman–Crippen LogP) is 1.52. The first-order chi connectivity index (χ1) is 10.4. The van der Waals surface area contributed by atoms with Gasteiger partial charge in [0.2, 0.25) is 10.0 Å². The Morgan fingerprint density at radius 2 is 2.14 bits per heavy atom. The second kappa shape index (κ2) is 7.54. The molecule has 2 rings (SSSR count). The van der Waals surface area contributed by atoms with E-state index in [0.717, 1.165) is 12.8 Å².